The van der Waals surface area contributed by atoms with E-state index in [0.717, 1.165) is 0 Å². The Hall–Kier alpha value is -3.23. The van der Waals surface area contributed by atoms with Crippen LogP contribution in [0.2, 0.25) is 0 Å². The van der Waals surface area contributed by atoms with E-state index in [1.807, 2.05) is 0 Å². The molecule has 1 amide bonds. The molecule has 0 radical (unpaired) electrons. The number of halogens is 1. The highest BCUT2D eigenvalue weighted by molar-refractivity contribution is 7.89. The largest absolute Gasteiger partial charge is 0.497 e. The van der Waals surface area contributed by atoms with Crippen LogP contribution in [-0.2, 0) is 14.8 Å². The van der Waals surface area contributed by atoms with Gasteiger partial charge in [-0.2, -0.15) is 4.31 Å². The lowest BCUT2D eigenvalue weighted by molar-refractivity contribution is -0.117. The molecule has 3 aromatic carbocycles. The minimum absolute atomic E-state index is 0.127. The van der Waals surface area contributed by atoms with Gasteiger partial charge in [-0.25, -0.2) is 12.8 Å². The Morgan fingerprint density at radius 1 is 1.06 bits per heavy atom. The van der Waals surface area contributed by atoms with Gasteiger partial charge in [0.15, 0.2) is 0 Å². The molecule has 3 aromatic rings. The van der Waals surface area contributed by atoms with Crippen LogP contribution in [0.15, 0.2) is 77.7 Å². The summed E-state index contributed by atoms with van der Waals surface area (Å²) in [5, 5.41) is 2.69. The maximum atomic E-state index is 13.6. The third-order valence-electron chi connectivity index (χ3n) is 5.21. The Morgan fingerprint density at radius 2 is 1.72 bits per heavy atom. The highest BCUT2D eigenvalue weighted by atomic mass is 32.2. The fourth-order valence-electron chi connectivity index (χ4n) is 3.31. The first-order valence-electron chi connectivity index (χ1n) is 9.95. The first kappa shape index (κ1) is 23.4. The van der Waals surface area contributed by atoms with Crippen molar-refractivity contribution in [1.29, 1.82) is 0 Å². The molecule has 1 atom stereocenters. The van der Waals surface area contributed by atoms with Gasteiger partial charge >= 0.3 is 0 Å². The van der Waals surface area contributed by atoms with Crippen LogP contribution in [0.25, 0.3) is 0 Å². The molecule has 32 heavy (non-hydrogen) atoms. The first-order valence-corrected chi connectivity index (χ1v) is 11.4. The molecule has 0 bridgehead atoms. The van der Waals surface area contributed by atoms with Crippen molar-refractivity contribution in [1.82, 2.24) is 4.31 Å². The summed E-state index contributed by atoms with van der Waals surface area (Å²) >= 11 is 0. The molecule has 0 aliphatic rings. The molecule has 0 fully saturated rings. The lowest BCUT2D eigenvalue weighted by Crippen LogP contribution is -2.34. The van der Waals surface area contributed by atoms with E-state index in [2.05, 4.69) is 5.32 Å². The summed E-state index contributed by atoms with van der Waals surface area (Å²) in [5.74, 6) is -0.295. The number of anilines is 1. The zero-order valence-electron chi connectivity index (χ0n) is 18.1. The van der Waals surface area contributed by atoms with E-state index >= 15 is 0 Å². The number of nitrogens with zero attached hydrogens (tertiary/aromatic N) is 1. The van der Waals surface area contributed by atoms with Crippen LogP contribution in [0.4, 0.5) is 10.1 Å². The zero-order chi connectivity index (χ0) is 23.3. The SMILES string of the molecule is COc1ccc([C@@H](CC(=O)Nc2cc(F)ccc2C)N(C)S(=O)(=O)c2ccccc2)cc1. The number of carbonyl (C=O) groups is 1. The van der Waals surface area contributed by atoms with Crippen molar-refractivity contribution >= 4 is 21.6 Å². The lowest BCUT2D eigenvalue weighted by Gasteiger charge is -2.28. The lowest BCUT2D eigenvalue weighted by atomic mass is 10.0. The summed E-state index contributed by atoms with van der Waals surface area (Å²) < 4.78 is 46.4. The van der Waals surface area contributed by atoms with Crippen molar-refractivity contribution in [3.8, 4) is 5.75 Å². The van der Waals surface area contributed by atoms with Crippen LogP contribution < -0.4 is 10.1 Å². The molecule has 0 aromatic heterocycles. The monoisotopic (exact) mass is 456 g/mol. The van der Waals surface area contributed by atoms with Crippen molar-refractivity contribution < 1.29 is 22.3 Å². The molecule has 0 unspecified atom stereocenters. The second kappa shape index (κ2) is 9.93. The number of hydrogen-bond acceptors (Lipinski definition) is 4. The number of aryl methyl sites for hydroxylation is 1. The van der Waals surface area contributed by atoms with Gasteiger partial charge in [0.1, 0.15) is 11.6 Å². The predicted molar refractivity (Wildman–Crippen MR) is 122 cm³/mol. The average molecular weight is 457 g/mol. The Kier molecular flexibility index (Phi) is 7.27. The van der Waals surface area contributed by atoms with Crippen LogP contribution >= 0.6 is 0 Å². The van der Waals surface area contributed by atoms with Gasteiger partial charge in [0, 0.05) is 19.2 Å². The maximum absolute atomic E-state index is 13.6. The molecule has 6 nitrogen and oxygen atoms in total. The fourth-order valence-corrected chi connectivity index (χ4v) is 4.68. The van der Waals surface area contributed by atoms with Crippen molar-refractivity contribution in [3.05, 3.63) is 89.7 Å². The average Bonchev–Trinajstić information content (AvgIpc) is 2.80. The van der Waals surface area contributed by atoms with E-state index in [0.29, 0.717) is 22.6 Å². The van der Waals surface area contributed by atoms with Gasteiger partial charge in [0.2, 0.25) is 15.9 Å². The number of nitrogens with one attached hydrogen (secondary N) is 1. The fraction of sp³-hybridized carbons (Fsp3) is 0.208. The van der Waals surface area contributed by atoms with Gasteiger partial charge in [-0.1, -0.05) is 36.4 Å². The van der Waals surface area contributed by atoms with E-state index < -0.39 is 27.8 Å². The number of methoxy groups -OCH3 is 1. The van der Waals surface area contributed by atoms with E-state index in [1.54, 1.807) is 55.5 Å². The normalized spacial score (nSPS) is 12.4. The van der Waals surface area contributed by atoms with Gasteiger partial charge in [-0.3, -0.25) is 4.79 Å². The smallest absolute Gasteiger partial charge is 0.243 e. The third kappa shape index (κ3) is 5.33. The summed E-state index contributed by atoms with van der Waals surface area (Å²) in [6.07, 6.45) is -0.162. The second-order valence-corrected chi connectivity index (χ2v) is 9.33. The number of amides is 1. The summed E-state index contributed by atoms with van der Waals surface area (Å²) in [7, 11) is -0.896. The van der Waals surface area contributed by atoms with E-state index in [4.69, 9.17) is 4.74 Å². The van der Waals surface area contributed by atoms with Crippen molar-refractivity contribution in [2.24, 2.45) is 0 Å². The molecule has 168 valence electrons. The van der Waals surface area contributed by atoms with Crippen molar-refractivity contribution in [2.45, 2.75) is 24.3 Å². The van der Waals surface area contributed by atoms with Gasteiger partial charge in [0.25, 0.3) is 0 Å². The van der Waals surface area contributed by atoms with Crippen LogP contribution in [0.3, 0.4) is 0 Å². The topological polar surface area (TPSA) is 75.7 Å². The Bertz CT molecular complexity index is 1180. The quantitative estimate of drug-likeness (QED) is 0.540. The van der Waals surface area contributed by atoms with Gasteiger partial charge in [-0.15, -0.1) is 0 Å². The molecule has 0 saturated carbocycles. The molecule has 0 heterocycles. The van der Waals surface area contributed by atoms with Crippen LogP contribution in [0, 0.1) is 12.7 Å². The third-order valence-corrected chi connectivity index (χ3v) is 7.09. The Labute approximate surface area is 187 Å². The van der Waals surface area contributed by atoms with Crippen molar-refractivity contribution in [2.75, 3.05) is 19.5 Å². The number of hydrogen-bond donors (Lipinski definition) is 1. The molecule has 1 N–H and O–H groups in total. The van der Waals surface area contributed by atoms with Gasteiger partial charge in [0.05, 0.1) is 18.0 Å². The highest BCUT2D eigenvalue weighted by Gasteiger charge is 2.31. The first-order chi connectivity index (χ1) is 15.2. The summed E-state index contributed by atoms with van der Waals surface area (Å²) in [6, 6.07) is 18.2. The van der Waals surface area contributed by atoms with E-state index in [1.165, 1.54) is 42.7 Å². The predicted octanol–water partition coefficient (Wildman–Crippen LogP) is 4.53. The Morgan fingerprint density at radius 3 is 2.34 bits per heavy atom. The van der Waals surface area contributed by atoms with Crippen LogP contribution in [-0.4, -0.2) is 32.8 Å². The molecule has 3 rings (SSSR count). The molecule has 0 spiro atoms. The molecular weight excluding hydrogens is 431 g/mol. The molecule has 8 heteroatoms. The standard InChI is InChI=1S/C24H25FN2O4S/c1-17-9-12-19(25)15-22(17)26-24(28)16-23(18-10-13-20(31-3)14-11-18)27(2)32(29,30)21-7-5-4-6-8-21/h4-15,23H,16H2,1-3H3,(H,26,28)/t23-/m1/s1. The second-order valence-electron chi connectivity index (χ2n) is 7.33. The summed E-state index contributed by atoms with van der Waals surface area (Å²) in [4.78, 5) is 13.0. The molecule has 0 aliphatic carbocycles. The maximum Gasteiger partial charge on any atom is 0.243 e. The number of benzene rings is 3. The number of ether oxygens (including phenoxy) is 1. The number of carbonyl (C=O) groups excluding carboxylic acids is 1. The number of rotatable bonds is 8. The van der Waals surface area contributed by atoms with Crippen molar-refractivity contribution in [3.63, 3.8) is 0 Å². The minimum Gasteiger partial charge on any atom is -0.497 e. The zero-order valence-corrected chi connectivity index (χ0v) is 18.9. The molecular formula is C24H25FN2O4S. The number of sulfonamides is 1. The van der Waals surface area contributed by atoms with Gasteiger partial charge < -0.3 is 10.1 Å². The summed E-state index contributed by atoms with van der Waals surface area (Å²) in [5.41, 5.74) is 1.67. The molecule has 0 saturated heterocycles. The van der Waals surface area contributed by atoms with Crippen LogP contribution in [0.1, 0.15) is 23.6 Å². The molecule has 0 aliphatic heterocycles. The van der Waals surface area contributed by atoms with E-state index in [-0.39, 0.29) is 11.3 Å². The van der Waals surface area contributed by atoms with Crippen LogP contribution in [0.5, 0.6) is 5.75 Å². The van der Waals surface area contributed by atoms with E-state index in [9.17, 15) is 17.6 Å². The highest BCUT2D eigenvalue weighted by Crippen LogP contribution is 2.30. The summed E-state index contributed by atoms with van der Waals surface area (Å²) in [6.45, 7) is 1.75. The van der Waals surface area contributed by atoms with Gasteiger partial charge in [-0.05, 0) is 54.4 Å². The minimum atomic E-state index is -3.87. The Balaban J connectivity index is 1.93.